The van der Waals surface area contributed by atoms with Crippen molar-refractivity contribution in [1.82, 2.24) is 18.3 Å². The lowest BCUT2D eigenvalue weighted by Gasteiger charge is -2.15. The summed E-state index contributed by atoms with van der Waals surface area (Å²) in [5, 5.41) is 24.8. The Morgan fingerprint density at radius 1 is 0.100 bits per heavy atom. The summed E-state index contributed by atoms with van der Waals surface area (Å²) >= 11 is 0. The fourth-order valence-electron chi connectivity index (χ4n) is 21.9. The normalized spacial score (nSPS) is 12.0. The third-order valence-electron chi connectivity index (χ3n) is 27.9. The number of benzene rings is 23. The lowest BCUT2D eigenvalue weighted by molar-refractivity contribution is 1.18. The molecule has 0 aliphatic carbocycles. The van der Waals surface area contributed by atoms with Crippen LogP contribution in [0, 0.1) is 0 Å². The Labute approximate surface area is 749 Å². The van der Waals surface area contributed by atoms with E-state index in [-0.39, 0.29) is 0 Å². The topological polar surface area (TPSA) is 19.7 Å². The number of fused-ring (bicyclic) bond motifs is 24. The summed E-state index contributed by atoms with van der Waals surface area (Å²) in [5.74, 6) is 0. The van der Waals surface area contributed by atoms with Gasteiger partial charge in [-0.2, -0.15) is 0 Å². The molecule has 4 aromatic heterocycles. The van der Waals surface area contributed by atoms with Gasteiger partial charge < -0.3 is 18.3 Å². The first kappa shape index (κ1) is 73.2. The van der Waals surface area contributed by atoms with Crippen LogP contribution in [0.5, 0.6) is 0 Å². The zero-order chi connectivity index (χ0) is 85.2. The average molecular weight is 1650 g/mol. The van der Waals surface area contributed by atoms with Crippen LogP contribution in [-0.4, -0.2) is 18.3 Å². The van der Waals surface area contributed by atoms with Crippen molar-refractivity contribution in [2.75, 3.05) is 0 Å². The van der Waals surface area contributed by atoms with Crippen LogP contribution in [0.15, 0.2) is 473 Å². The second kappa shape index (κ2) is 29.2. The van der Waals surface area contributed by atoms with E-state index in [2.05, 4.69) is 491 Å². The molecule has 0 saturated heterocycles. The van der Waals surface area contributed by atoms with Crippen molar-refractivity contribution in [3.8, 4) is 112 Å². The summed E-state index contributed by atoms with van der Waals surface area (Å²) in [5.41, 5.74) is 32.7. The molecule has 0 atom stereocenters. The Balaban J connectivity index is 0.518. The quantitative estimate of drug-likeness (QED) is 0.109. The molecular weight excluding hydrogens is 1570 g/mol. The van der Waals surface area contributed by atoms with Gasteiger partial charge in [0.15, 0.2) is 0 Å². The summed E-state index contributed by atoms with van der Waals surface area (Å²) in [6, 6.07) is 177. The zero-order valence-corrected chi connectivity index (χ0v) is 70.8. The maximum Gasteiger partial charge on any atom is 0.0547 e. The first-order chi connectivity index (χ1) is 64.4. The van der Waals surface area contributed by atoms with Gasteiger partial charge in [-0.15, -0.1) is 0 Å². The van der Waals surface area contributed by atoms with Crippen molar-refractivity contribution in [2.24, 2.45) is 0 Å². The van der Waals surface area contributed by atoms with Crippen LogP contribution in [0.25, 0.3) is 264 Å². The standard InChI is InChI=1S/C126H78N4/c1-2-40-100-99(39-1)103-62-57-89(82-28-17-25-79(67-82)85-31-20-35-94(70-85)127-118-50-11-5-43-107(118)108-44-6-12-51-119(108)127)74-114(103)115-75-90(58-63-104(100)115)84-30-19-27-81(69-84)87-33-22-38-97(72-87)130-122-54-15-9-47-111(122)112-66-61-93(78-125(112)130)98-49-24-56-124-126(98)113-48-10-16-55-123(113)129(124)96-37-23-34-88(73-96)92-60-65-106-102-42-4-3-41-101(102)105-64-59-91(76-116(105)117(106)77-92)83-29-18-26-80(68-83)86-32-21-36-95(71-86)128-120-52-13-7-45-109(120)110-46-8-14-53-121(110)128/h1-78H. The number of hydrogen-bond acceptors (Lipinski definition) is 0. The fourth-order valence-corrected chi connectivity index (χ4v) is 21.9. The molecule has 4 heteroatoms. The highest BCUT2D eigenvalue weighted by atomic mass is 15.0. The SMILES string of the molecule is c1cc(-c2cccc(-n3c4ccccc4c4ccccc43)c2)cc(-c2ccc3c4ccccc4c4ccc(-c5cccc(-c6cccc(-n7c8ccccc8c8ccc(-c9cccc%10c9c9ccccc9n%10-c9cccc(-c%10ccc%11c%12ccccc%12c%12ccc(-c%13cccc(-c%14cccc(-n%15c%16ccccc%16c%16ccccc%16%15)c%14)c%13)cc%12c%11c%10)c9)cc87)c6)c5)cc4c3c2)c1. The van der Waals surface area contributed by atoms with E-state index >= 15 is 0 Å². The maximum absolute atomic E-state index is 2.48. The first-order valence-corrected chi connectivity index (χ1v) is 45.0. The average Bonchev–Trinajstić information content (AvgIpc) is 1.42. The van der Waals surface area contributed by atoms with E-state index in [1.807, 2.05) is 0 Å². The molecule has 602 valence electrons. The van der Waals surface area contributed by atoms with Crippen LogP contribution >= 0.6 is 0 Å². The molecule has 0 amide bonds. The van der Waals surface area contributed by atoms with Gasteiger partial charge in [-0.05, 0) is 293 Å². The molecule has 130 heavy (non-hydrogen) atoms. The maximum atomic E-state index is 2.48. The number of aromatic nitrogens is 4. The van der Waals surface area contributed by atoms with E-state index in [0.29, 0.717) is 0 Å². The molecule has 27 rings (SSSR count). The molecule has 27 aromatic rings. The Bertz CT molecular complexity index is 9360. The highest BCUT2D eigenvalue weighted by molar-refractivity contribution is 6.28. The lowest BCUT2D eigenvalue weighted by Crippen LogP contribution is -1.95. The van der Waals surface area contributed by atoms with Crippen molar-refractivity contribution in [1.29, 1.82) is 0 Å². The minimum atomic E-state index is 1.10. The highest BCUT2D eigenvalue weighted by Crippen LogP contribution is 2.48. The highest BCUT2D eigenvalue weighted by Gasteiger charge is 2.24. The van der Waals surface area contributed by atoms with E-state index in [1.165, 1.54) is 197 Å². The van der Waals surface area contributed by atoms with Crippen LogP contribution in [-0.2, 0) is 0 Å². The Hall–Kier alpha value is -17.2. The summed E-state index contributed by atoms with van der Waals surface area (Å²) < 4.78 is 9.77. The molecule has 23 aromatic carbocycles. The molecular formula is C126H78N4. The number of hydrogen-bond donors (Lipinski definition) is 0. The van der Waals surface area contributed by atoms with Gasteiger partial charge in [0, 0.05) is 65.8 Å². The van der Waals surface area contributed by atoms with Crippen LogP contribution < -0.4 is 0 Å². The van der Waals surface area contributed by atoms with Crippen molar-refractivity contribution < 1.29 is 0 Å². The summed E-state index contributed by atoms with van der Waals surface area (Å²) in [6.07, 6.45) is 0. The summed E-state index contributed by atoms with van der Waals surface area (Å²) in [7, 11) is 0. The van der Waals surface area contributed by atoms with Crippen LogP contribution in [0.3, 0.4) is 0 Å². The Morgan fingerprint density at radius 2 is 0.300 bits per heavy atom. The molecule has 0 saturated carbocycles. The molecule has 0 fully saturated rings. The Morgan fingerprint density at radius 3 is 0.615 bits per heavy atom. The number of rotatable bonds is 12. The third-order valence-corrected chi connectivity index (χ3v) is 27.9. The Kier molecular flexibility index (Phi) is 16.4. The van der Waals surface area contributed by atoms with Gasteiger partial charge in [-0.1, -0.05) is 334 Å². The van der Waals surface area contributed by atoms with Crippen molar-refractivity contribution in [3.63, 3.8) is 0 Å². The number of nitrogens with zero attached hydrogens (tertiary/aromatic N) is 4. The molecule has 0 aliphatic rings. The van der Waals surface area contributed by atoms with Gasteiger partial charge in [0.1, 0.15) is 0 Å². The predicted octanol–water partition coefficient (Wildman–Crippen LogP) is 34.3. The molecule has 0 bridgehead atoms. The van der Waals surface area contributed by atoms with Gasteiger partial charge in [0.2, 0.25) is 0 Å². The summed E-state index contributed by atoms with van der Waals surface area (Å²) in [4.78, 5) is 0. The zero-order valence-electron chi connectivity index (χ0n) is 70.8. The van der Waals surface area contributed by atoms with Crippen LogP contribution in [0.1, 0.15) is 0 Å². The summed E-state index contributed by atoms with van der Waals surface area (Å²) in [6.45, 7) is 0. The minimum Gasteiger partial charge on any atom is -0.309 e. The molecule has 0 spiro atoms. The minimum absolute atomic E-state index is 1.10. The van der Waals surface area contributed by atoms with Crippen molar-refractivity contribution in [2.45, 2.75) is 0 Å². The van der Waals surface area contributed by atoms with E-state index in [1.54, 1.807) is 0 Å². The molecule has 4 heterocycles. The van der Waals surface area contributed by atoms with E-state index < -0.39 is 0 Å². The lowest BCUT2D eigenvalue weighted by atomic mass is 9.89. The fraction of sp³-hybridized carbons (Fsp3) is 0. The van der Waals surface area contributed by atoms with Crippen molar-refractivity contribution >= 4 is 152 Å². The van der Waals surface area contributed by atoms with Crippen LogP contribution in [0.4, 0.5) is 0 Å². The molecule has 0 N–H and O–H groups in total. The second-order valence-corrected chi connectivity index (χ2v) is 35.0. The van der Waals surface area contributed by atoms with Gasteiger partial charge in [0.05, 0.1) is 44.1 Å². The third kappa shape index (κ3) is 11.6. The van der Waals surface area contributed by atoms with Crippen molar-refractivity contribution in [3.05, 3.63) is 473 Å². The molecule has 0 radical (unpaired) electrons. The van der Waals surface area contributed by atoms with E-state index in [4.69, 9.17) is 0 Å². The molecule has 0 aliphatic heterocycles. The largest absolute Gasteiger partial charge is 0.309 e. The monoisotopic (exact) mass is 1650 g/mol. The number of para-hydroxylation sites is 6. The second-order valence-electron chi connectivity index (χ2n) is 35.0. The van der Waals surface area contributed by atoms with Gasteiger partial charge in [-0.3, -0.25) is 0 Å². The van der Waals surface area contributed by atoms with Crippen LogP contribution in [0.2, 0.25) is 0 Å². The van der Waals surface area contributed by atoms with Gasteiger partial charge in [0.25, 0.3) is 0 Å². The van der Waals surface area contributed by atoms with E-state index in [0.717, 1.165) is 67.1 Å². The molecule has 0 unspecified atom stereocenters. The van der Waals surface area contributed by atoms with Gasteiger partial charge >= 0.3 is 0 Å². The smallest absolute Gasteiger partial charge is 0.0547 e. The predicted molar refractivity (Wildman–Crippen MR) is 552 cm³/mol. The molecule has 4 nitrogen and oxygen atoms in total. The first-order valence-electron chi connectivity index (χ1n) is 45.0. The van der Waals surface area contributed by atoms with E-state index in [9.17, 15) is 0 Å². The van der Waals surface area contributed by atoms with Gasteiger partial charge in [-0.25, -0.2) is 0 Å².